The Bertz CT molecular complexity index is 357. The number of aryl methyl sites for hydroxylation is 1. The van der Waals surface area contributed by atoms with Gasteiger partial charge in [0.2, 0.25) is 5.91 Å². The van der Waals surface area contributed by atoms with Crippen molar-refractivity contribution in [3.05, 3.63) is 20.3 Å². The van der Waals surface area contributed by atoms with Crippen molar-refractivity contribution in [2.75, 3.05) is 14.1 Å². The predicted octanol–water partition coefficient (Wildman–Crippen LogP) is 2.39. The molecule has 0 aliphatic heterocycles. The lowest BCUT2D eigenvalue weighted by molar-refractivity contribution is -0.130. The van der Waals surface area contributed by atoms with E-state index < -0.39 is 0 Å². The summed E-state index contributed by atoms with van der Waals surface area (Å²) < 4.78 is 1.16. The smallest absolute Gasteiger partial charge is 0.238 e. The van der Waals surface area contributed by atoms with Crippen LogP contribution >= 0.6 is 27.3 Å². The fourth-order valence-corrected chi connectivity index (χ4v) is 2.92. The van der Waals surface area contributed by atoms with Gasteiger partial charge in [-0.1, -0.05) is 0 Å². The van der Waals surface area contributed by atoms with Crippen molar-refractivity contribution in [3.63, 3.8) is 0 Å². The van der Waals surface area contributed by atoms with Crippen LogP contribution in [0, 0.1) is 6.92 Å². The van der Waals surface area contributed by atoms with E-state index >= 15 is 0 Å². The average Bonchev–Trinajstić information content (AvgIpc) is 2.53. The summed E-state index contributed by atoms with van der Waals surface area (Å²) in [7, 11) is 3.54. The highest BCUT2D eigenvalue weighted by Gasteiger charge is 2.14. The van der Waals surface area contributed by atoms with Crippen molar-refractivity contribution >= 4 is 33.2 Å². The predicted molar refractivity (Wildman–Crippen MR) is 71.8 cm³/mol. The van der Waals surface area contributed by atoms with Crippen LogP contribution in [0.2, 0.25) is 0 Å². The maximum absolute atomic E-state index is 11.6. The van der Waals surface area contributed by atoms with E-state index in [0.717, 1.165) is 10.3 Å². The van der Waals surface area contributed by atoms with Crippen molar-refractivity contribution in [1.82, 2.24) is 10.2 Å². The van der Waals surface area contributed by atoms with E-state index in [1.807, 2.05) is 6.92 Å². The van der Waals surface area contributed by atoms with Crippen LogP contribution in [0.5, 0.6) is 0 Å². The maximum Gasteiger partial charge on any atom is 0.238 e. The van der Waals surface area contributed by atoms with E-state index in [0.29, 0.717) is 0 Å². The summed E-state index contributed by atoms with van der Waals surface area (Å²) >= 11 is 5.20. The van der Waals surface area contributed by atoms with Crippen LogP contribution in [-0.4, -0.2) is 30.9 Å². The Hall–Kier alpha value is -0.390. The molecule has 1 aromatic rings. The number of hydrogen-bond donors (Lipinski definition) is 1. The molecule has 1 amide bonds. The van der Waals surface area contributed by atoms with Crippen LogP contribution in [0.15, 0.2) is 9.85 Å². The van der Waals surface area contributed by atoms with Crippen LogP contribution in [0.25, 0.3) is 0 Å². The summed E-state index contributed by atoms with van der Waals surface area (Å²) in [6, 6.07) is 1.99. The molecule has 0 saturated carbocycles. The molecule has 1 heterocycles. The Morgan fingerprint density at radius 1 is 1.62 bits per heavy atom. The Labute approximate surface area is 109 Å². The number of amides is 1. The van der Waals surface area contributed by atoms with Gasteiger partial charge in [0.25, 0.3) is 0 Å². The molecular formula is C11H17BrN2OS. The van der Waals surface area contributed by atoms with E-state index in [-0.39, 0.29) is 11.9 Å². The zero-order valence-corrected chi connectivity index (χ0v) is 12.4. The van der Waals surface area contributed by atoms with E-state index in [4.69, 9.17) is 0 Å². The summed E-state index contributed by atoms with van der Waals surface area (Å²) in [5, 5.41) is 3.22. The Balaban J connectivity index is 2.48. The van der Waals surface area contributed by atoms with Crippen LogP contribution in [0.1, 0.15) is 17.4 Å². The van der Waals surface area contributed by atoms with Gasteiger partial charge in [-0.05, 0) is 41.4 Å². The largest absolute Gasteiger partial charge is 0.347 e. The molecule has 5 heteroatoms. The third kappa shape index (κ3) is 3.57. The second kappa shape index (κ2) is 5.80. The first kappa shape index (κ1) is 13.7. The number of nitrogens with zero attached hydrogens (tertiary/aromatic N) is 1. The van der Waals surface area contributed by atoms with E-state index in [2.05, 4.69) is 34.2 Å². The number of nitrogens with one attached hydrogen (secondary N) is 1. The molecule has 0 radical (unpaired) electrons. The van der Waals surface area contributed by atoms with Gasteiger partial charge in [0, 0.05) is 25.5 Å². The SMILES string of the molecule is Cc1cc(CN[C@H](C)C(=O)N(C)C)sc1Br. The van der Waals surface area contributed by atoms with Gasteiger partial charge < -0.3 is 10.2 Å². The summed E-state index contributed by atoms with van der Waals surface area (Å²) in [6.45, 7) is 4.69. The summed E-state index contributed by atoms with van der Waals surface area (Å²) in [5.41, 5.74) is 1.24. The molecular weight excluding hydrogens is 288 g/mol. The van der Waals surface area contributed by atoms with Crippen LogP contribution < -0.4 is 5.32 Å². The van der Waals surface area contributed by atoms with Crippen LogP contribution in [0.3, 0.4) is 0 Å². The normalized spacial score (nSPS) is 12.6. The molecule has 0 aliphatic rings. The third-order valence-electron chi connectivity index (χ3n) is 2.30. The monoisotopic (exact) mass is 304 g/mol. The molecule has 1 N–H and O–H groups in total. The highest BCUT2D eigenvalue weighted by Crippen LogP contribution is 2.27. The summed E-state index contributed by atoms with van der Waals surface area (Å²) in [5.74, 6) is 0.104. The summed E-state index contributed by atoms with van der Waals surface area (Å²) in [4.78, 5) is 14.4. The minimum atomic E-state index is -0.142. The van der Waals surface area contributed by atoms with Crippen molar-refractivity contribution in [2.45, 2.75) is 26.4 Å². The maximum atomic E-state index is 11.6. The standard InChI is InChI=1S/C11H17BrN2OS/c1-7-5-9(16-10(7)12)6-13-8(2)11(15)14(3)4/h5,8,13H,6H2,1-4H3/t8-/m1/s1. The van der Waals surface area contributed by atoms with E-state index in [9.17, 15) is 4.79 Å². The van der Waals surface area contributed by atoms with E-state index in [1.165, 1.54) is 10.4 Å². The number of rotatable bonds is 4. The lowest BCUT2D eigenvalue weighted by Gasteiger charge is -2.17. The Kier molecular flexibility index (Phi) is 4.95. The molecule has 0 aliphatic carbocycles. The average molecular weight is 305 g/mol. The molecule has 0 saturated heterocycles. The first-order valence-corrected chi connectivity index (χ1v) is 6.72. The highest BCUT2D eigenvalue weighted by molar-refractivity contribution is 9.11. The quantitative estimate of drug-likeness (QED) is 0.926. The number of likely N-dealkylation sites (N-methyl/N-ethyl adjacent to an activating group) is 1. The van der Waals surface area contributed by atoms with Gasteiger partial charge in [-0.15, -0.1) is 11.3 Å². The van der Waals surface area contributed by atoms with Crippen LogP contribution in [0.4, 0.5) is 0 Å². The zero-order chi connectivity index (χ0) is 12.3. The Morgan fingerprint density at radius 3 is 2.69 bits per heavy atom. The van der Waals surface area contributed by atoms with Crippen LogP contribution in [-0.2, 0) is 11.3 Å². The van der Waals surface area contributed by atoms with Gasteiger partial charge in [-0.2, -0.15) is 0 Å². The molecule has 0 spiro atoms. The number of hydrogen-bond acceptors (Lipinski definition) is 3. The number of carbonyl (C=O) groups excluding carboxylic acids is 1. The van der Waals surface area contributed by atoms with Gasteiger partial charge >= 0.3 is 0 Å². The highest BCUT2D eigenvalue weighted by atomic mass is 79.9. The van der Waals surface area contributed by atoms with Crippen molar-refractivity contribution < 1.29 is 4.79 Å². The minimum absolute atomic E-state index is 0.104. The number of thiophene rings is 1. The molecule has 16 heavy (non-hydrogen) atoms. The molecule has 1 atom stereocenters. The van der Waals surface area contributed by atoms with Crippen molar-refractivity contribution in [2.24, 2.45) is 0 Å². The molecule has 0 fully saturated rings. The Morgan fingerprint density at radius 2 is 2.25 bits per heavy atom. The number of carbonyl (C=O) groups is 1. The zero-order valence-electron chi connectivity index (χ0n) is 10.0. The second-order valence-electron chi connectivity index (χ2n) is 4.00. The van der Waals surface area contributed by atoms with Crippen molar-refractivity contribution in [3.8, 4) is 0 Å². The lowest BCUT2D eigenvalue weighted by atomic mass is 10.3. The fourth-order valence-electron chi connectivity index (χ4n) is 1.34. The van der Waals surface area contributed by atoms with Crippen molar-refractivity contribution in [1.29, 1.82) is 0 Å². The lowest BCUT2D eigenvalue weighted by Crippen LogP contribution is -2.40. The molecule has 1 rings (SSSR count). The topological polar surface area (TPSA) is 32.3 Å². The summed E-state index contributed by atoms with van der Waals surface area (Å²) in [6.07, 6.45) is 0. The fraction of sp³-hybridized carbons (Fsp3) is 0.545. The first-order chi connectivity index (χ1) is 7.41. The molecule has 3 nitrogen and oxygen atoms in total. The first-order valence-electron chi connectivity index (χ1n) is 5.11. The third-order valence-corrected chi connectivity index (χ3v) is 4.44. The van der Waals surface area contributed by atoms with Gasteiger partial charge in [-0.3, -0.25) is 4.79 Å². The second-order valence-corrected chi connectivity index (χ2v) is 6.46. The van der Waals surface area contributed by atoms with Gasteiger partial charge in [0.15, 0.2) is 0 Å². The van der Waals surface area contributed by atoms with Gasteiger partial charge in [-0.25, -0.2) is 0 Å². The molecule has 0 unspecified atom stereocenters. The molecule has 0 aromatic carbocycles. The number of halogens is 1. The van der Waals surface area contributed by atoms with Gasteiger partial charge in [0.1, 0.15) is 0 Å². The van der Waals surface area contributed by atoms with Gasteiger partial charge in [0.05, 0.1) is 9.83 Å². The molecule has 90 valence electrons. The molecule has 1 aromatic heterocycles. The van der Waals surface area contributed by atoms with E-state index in [1.54, 1.807) is 30.3 Å². The minimum Gasteiger partial charge on any atom is -0.347 e. The molecule has 0 bridgehead atoms.